The van der Waals surface area contributed by atoms with Crippen LogP contribution < -0.4 is 11.1 Å². The second-order valence-electron chi connectivity index (χ2n) is 4.78. The van der Waals surface area contributed by atoms with Crippen molar-refractivity contribution >= 4 is 5.91 Å². The lowest BCUT2D eigenvalue weighted by atomic mass is 9.91. The van der Waals surface area contributed by atoms with Gasteiger partial charge in [-0.3, -0.25) is 4.79 Å². The molecule has 1 saturated carbocycles. The van der Waals surface area contributed by atoms with E-state index >= 15 is 0 Å². The van der Waals surface area contributed by atoms with E-state index in [2.05, 4.69) is 19.2 Å². The quantitative estimate of drug-likeness (QED) is 0.720. The van der Waals surface area contributed by atoms with Crippen LogP contribution in [0.4, 0.5) is 0 Å². The van der Waals surface area contributed by atoms with Gasteiger partial charge in [0.15, 0.2) is 0 Å². The average molecular weight is 198 g/mol. The molecule has 0 aromatic rings. The van der Waals surface area contributed by atoms with Crippen LogP contribution in [0.2, 0.25) is 0 Å². The lowest BCUT2D eigenvalue weighted by Gasteiger charge is -2.27. The number of hydrogen-bond donors (Lipinski definition) is 2. The number of carbonyl (C=O) groups is 1. The van der Waals surface area contributed by atoms with Gasteiger partial charge in [0.05, 0.1) is 0 Å². The van der Waals surface area contributed by atoms with Crippen molar-refractivity contribution in [1.82, 2.24) is 5.32 Å². The van der Waals surface area contributed by atoms with E-state index in [1.165, 1.54) is 0 Å². The molecular formula is C11H22N2O. The highest BCUT2D eigenvalue weighted by molar-refractivity contribution is 5.76. The Morgan fingerprint density at radius 2 is 1.93 bits per heavy atom. The first-order valence-electron chi connectivity index (χ1n) is 5.63. The fourth-order valence-corrected chi connectivity index (χ4v) is 1.92. The first kappa shape index (κ1) is 11.5. The fraction of sp³-hybridized carbons (Fsp3) is 0.909. The minimum atomic E-state index is 0.195. The molecule has 0 aromatic heterocycles. The van der Waals surface area contributed by atoms with E-state index < -0.39 is 0 Å². The van der Waals surface area contributed by atoms with Crippen LogP contribution in [0.3, 0.4) is 0 Å². The number of hydrogen-bond acceptors (Lipinski definition) is 2. The smallest absolute Gasteiger partial charge is 0.220 e. The summed E-state index contributed by atoms with van der Waals surface area (Å²) in [5, 5.41) is 3.08. The van der Waals surface area contributed by atoms with Gasteiger partial charge in [-0.15, -0.1) is 0 Å². The molecular weight excluding hydrogens is 176 g/mol. The molecule has 0 saturated heterocycles. The molecule has 1 rings (SSSR count). The summed E-state index contributed by atoms with van der Waals surface area (Å²) in [5.74, 6) is 0.640. The zero-order valence-corrected chi connectivity index (χ0v) is 9.25. The molecule has 0 atom stereocenters. The molecule has 0 heterocycles. The number of carbonyl (C=O) groups excluding carboxylic acids is 1. The number of amides is 1. The molecule has 0 unspecified atom stereocenters. The lowest BCUT2D eigenvalue weighted by Crippen LogP contribution is -2.40. The predicted molar refractivity (Wildman–Crippen MR) is 57.8 cm³/mol. The van der Waals surface area contributed by atoms with E-state index in [0.29, 0.717) is 24.4 Å². The van der Waals surface area contributed by atoms with Crippen LogP contribution in [-0.4, -0.2) is 18.0 Å². The summed E-state index contributed by atoms with van der Waals surface area (Å²) >= 11 is 0. The molecule has 0 spiro atoms. The SMILES string of the molecule is CC(C)CC(=O)NC1CCC(N)CC1. The van der Waals surface area contributed by atoms with Crippen molar-refractivity contribution in [1.29, 1.82) is 0 Å². The van der Waals surface area contributed by atoms with Gasteiger partial charge in [-0.1, -0.05) is 13.8 Å². The Morgan fingerprint density at radius 3 is 2.43 bits per heavy atom. The van der Waals surface area contributed by atoms with Gasteiger partial charge >= 0.3 is 0 Å². The number of nitrogens with one attached hydrogen (secondary N) is 1. The summed E-state index contributed by atoms with van der Waals surface area (Å²) in [6.45, 7) is 4.13. The molecule has 1 amide bonds. The average Bonchev–Trinajstić information content (AvgIpc) is 2.07. The Hall–Kier alpha value is -0.570. The molecule has 3 heteroatoms. The maximum Gasteiger partial charge on any atom is 0.220 e. The molecule has 82 valence electrons. The van der Waals surface area contributed by atoms with E-state index in [4.69, 9.17) is 5.73 Å². The standard InChI is InChI=1S/C11H22N2O/c1-8(2)7-11(14)13-10-5-3-9(12)4-6-10/h8-10H,3-7,12H2,1-2H3,(H,13,14). The van der Waals surface area contributed by atoms with Gasteiger partial charge in [0.2, 0.25) is 5.91 Å². The van der Waals surface area contributed by atoms with E-state index in [0.717, 1.165) is 25.7 Å². The van der Waals surface area contributed by atoms with Crippen molar-refractivity contribution in [2.45, 2.75) is 58.0 Å². The van der Waals surface area contributed by atoms with Crippen LogP contribution in [-0.2, 0) is 4.79 Å². The summed E-state index contributed by atoms with van der Waals surface area (Å²) in [6, 6.07) is 0.731. The number of rotatable bonds is 3. The second-order valence-corrected chi connectivity index (χ2v) is 4.78. The minimum Gasteiger partial charge on any atom is -0.353 e. The van der Waals surface area contributed by atoms with Crippen LogP contribution in [0, 0.1) is 5.92 Å². The van der Waals surface area contributed by atoms with E-state index in [-0.39, 0.29) is 5.91 Å². The van der Waals surface area contributed by atoms with Crippen molar-refractivity contribution < 1.29 is 4.79 Å². The van der Waals surface area contributed by atoms with Gasteiger partial charge in [-0.25, -0.2) is 0 Å². The Kier molecular flexibility index (Phi) is 4.39. The molecule has 1 aliphatic rings. The molecule has 1 aliphatic carbocycles. The first-order valence-corrected chi connectivity index (χ1v) is 5.63. The zero-order valence-electron chi connectivity index (χ0n) is 9.25. The third-order valence-electron chi connectivity index (χ3n) is 2.73. The normalized spacial score (nSPS) is 27.7. The maximum atomic E-state index is 11.5. The summed E-state index contributed by atoms with van der Waals surface area (Å²) in [5.41, 5.74) is 5.80. The van der Waals surface area contributed by atoms with Crippen molar-refractivity contribution in [3.8, 4) is 0 Å². The van der Waals surface area contributed by atoms with Crippen LogP contribution in [0.1, 0.15) is 46.0 Å². The topological polar surface area (TPSA) is 55.1 Å². The van der Waals surface area contributed by atoms with Crippen molar-refractivity contribution in [2.75, 3.05) is 0 Å². The lowest BCUT2D eigenvalue weighted by molar-refractivity contribution is -0.122. The van der Waals surface area contributed by atoms with Crippen LogP contribution in [0.25, 0.3) is 0 Å². The van der Waals surface area contributed by atoms with Crippen LogP contribution in [0.15, 0.2) is 0 Å². The van der Waals surface area contributed by atoms with Gasteiger partial charge in [0.25, 0.3) is 0 Å². The van der Waals surface area contributed by atoms with Crippen molar-refractivity contribution in [2.24, 2.45) is 11.7 Å². The van der Waals surface area contributed by atoms with Gasteiger partial charge in [0, 0.05) is 18.5 Å². The van der Waals surface area contributed by atoms with Crippen molar-refractivity contribution in [3.05, 3.63) is 0 Å². The molecule has 3 N–H and O–H groups in total. The highest BCUT2D eigenvalue weighted by atomic mass is 16.1. The largest absolute Gasteiger partial charge is 0.353 e. The Labute approximate surface area is 86.4 Å². The molecule has 14 heavy (non-hydrogen) atoms. The maximum absolute atomic E-state index is 11.5. The summed E-state index contributed by atoms with van der Waals surface area (Å²) in [4.78, 5) is 11.5. The van der Waals surface area contributed by atoms with Crippen LogP contribution in [0.5, 0.6) is 0 Å². The zero-order chi connectivity index (χ0) is 10.6. The van der Waals surface area contributed by atoms with E-state index in [1.54, 1.807) is 0 Å². The second kappa shape index (κ2) is 5.35. The Bertz CT molecular complexity index is 184. The molecule has 0 bridgehead atoms. The Balaban J connectivity index is 2.20. The predicted octanol–water partition coefficient (Wildman–Crippen LogP) is 1.42. The van der Waals surface area contributed by atoms with E-state index in [9.17, 15) is 4.79 Å². The van der Waals surface area contributed by atoms with Gasteiger partial charge < -0.3 is 11.1 Å². The fourth-order valence-electron chi connectivity index (χ4n) is 1.92. The molecule has 3 nitrogen and oxygen atoms in total. The van der Waals surface area contributed by atoms with E-state index in [1.807, 2.05) is 0 Å². The van der Waals surface area contributed by atoms with Crippen LogP contribution >= 0.6 is 0 Å². The van der Waals surface area contributed by atoms with Crippen molar-refractivity contribution in [3.63, 3.8) is 0 Å². The number of nitrogens with two attached hydrogens (primary N) is 1. The molecule has 0 aliphatic heterocycles. The third kappa shape index (κ3) is 4.09. The highest BCUT2D eigenvalue weighted by Crippen LogP contribution is 2.17. The Morgan fingerprint density at radius 1 is 1.36 bits per heavy atom. The summed E-state index contributed by atoms with van der Waals surface area (Å²) in [6.07, 6.45) is 4.83. The molecule has 0 radical (unpaired) electrons. The van der Waals surface area contributed by atoms with Gasteiger partial charge in [-0.05, 0) is 31.6 Å². The van der Waals surface area contributed by atoms with Gasteiger partial charge in [-0.2, -0.15) is 0 Å². The minimum absolute atomic E-state index is 0.195. The highest BCUT2D eigenvalue weighted by Gasteiger charge is 2.19. The summed E-state index contributed by atoms with van der Waals surface area (Å²) in [7, 11) is 0. The van der Waals surface area contributed by atoms with Gasteiger partial charge in [0.1, 0.15) is 0 Å². The third-order valence-corrected chi connectivity index (χ3v) is 2.73. The molecule has 0 aromatic carbocycles. The summed E-state index contributed by atoms with van der Waals surface area (Å²) < 4.78 is 0. The first-order chi connectivity index (χ1) is 6.58. The molecule has 1 fully saturated rings. The monoisotopic (exact) mass is 198 g/mol.